The van der Waals surface area contributed by atoms with Crippen molar-refractivity contribution in [2.24, 2.45) is 0 Å². The monoisotopic (exact) mass is 303 g/mol. The third-order valence-corrected chi connectivity index (χ3v) is 3.11. The summed E-state index contributed by atoms with van der Waals surface area (Å²) in [6, 6.07) is 7.23. The van der Waals surface area contributed by atoms with Gasteiger partial charge in [0.1, 0.15) is 5.75 Å². The van der Waals surface area contributed by atoms with Crippen molar-refractivity contribution in [3.05, 3.63) is 30.1 Å². The van der Waals surface area contributed by atoms with Crippen LogP contribution in [0, 0.1) is 0 Å². The van der Waals surface area contributed by atoms with Crippen LogP contribution in [0.2, 0.25) is 0 Å². The van der Waals surface area contributed by atoms with Crippen LogP contribution < -0.4 is 10.1 Å². The first-order valence-corrected chi connectivity index (χ1v) is 7.55. The van der Waals surface area contributed by atoms with Crippen molar-refractivity contribution in [3.63, 3.8) is 0 Å². The second-order valence-electron chi connectivity index (χ2n) is 4.89. The summed E-state index contributed by atoms with van der Waals surface area (Å²) in [5, 5.41) is 6.66. The molecule has 1 aromatic carbocycles. The van der Waals surface area contributed by atoms with E-state index < -0.39 is 0 Å². The molecule has 2 aromatic rings. The summed E-state index contributed by atoms with van der Waals surface area (Å²) in [7, 11) is 0. The predicted molar refractivity (Wildman–Crippen MR) is 82.5 cm³/mol. The lowest BCUT2D eigenvalue weighted by molar-refractivity contribution is -0.123. The van der Waals surface area contributed by atoms with Crippen LogP contribution in [0.25, 0.3) is 11.5 Å². The zero-order valence-corrected chi connectivity index (χ0v) is 13.0. The molecule has 0 aliphatic carbocycles. The van der Waals surface area contributed by atoms with Crippen molar-refractivity contribution in [1.82, 2.24) is 15.5 Å². The normalized spacial score (nSPS) is 10.5. The topological polar surface area (TPSA) is 77.2 Å². The van der Waals surface area contributed by atoms with E-state index in [1.165, 1.54) is 0 Å². The molecule has 118 valence electrons. The molecule has 0 spiro atoms. The molecule has 0 bridgehead atoms. The number of nitrogens with one attached hydrogen (secondary N) is 1. The Morgan fingerprint density at radius 3 is 2.68 bits per heavy atom. The zero-order valence-electron chi connectivity index (χ0n) is 13.0. The molecular formula is C16H21N3O3. The number of aryl methyl sites for hydroxylation is 1. The summed E-state index contributed by atoms with van der Waals surface area (Å²) in [6.07, 6.45) is 2.76. The number of carbonyl (C=O) groups is 1. The summed E-state index contributed by atoms with van der Waals surface area (Å²) in [5.41, 5.74) is 0.826. The van der Waals surface area contributed by atoms with Gasteiger partial charge < -0.3 is 14.6 Å². The molecule has 1 N–H and O–H groups in total. The van der Waals surface area contributed by atoms with Gasteiger partial charge in [-0.3, -0.25) is 4.79 Å². The highest BCUT2D eigenvalue weighted by molar-refractivity contribution is 5.77. The quantitative estimate of drug-likeness (QED) is 0.758. The van der Waals surface area contributed by atoms with E-state index in [9.17, 15) is 4.79 Å². The average Bonchev–Trinajstić information content (AvgIpc) is 3.03. The van der Waals surface area contributed by atoms with Crippen LogP contribution >= 0.6 is 0 Å². The van der Waals surface area contributed by atoms with Crippen LogP contribution in [0.3, 0.4) is 0 Å². The number of amides is 1. The van der Waals surface area contributed by atoms with Crippen LogP contribution in [0.4, 0.5) is 0 Å². The fourth-order valence-electron chi connectivity index (χ4n) is 1.81. The number of aromatic nitrogens is 2. The van der Waals surface area contributed by atoms with Gasteiger partial charge in [0, 0.05) is 18.5 Å². The molecular weight excluding hydrogens is 282 g/mol. The molecule has 6 heteroatoms. The van der Waals surface area contributed by atoms with E-state index in [1.54, 1.807) is 12.1 Å². The number of hydrogen-bond donors (Lipinski definition) is 1. The van der Waals surface area contributed by atoms with E-state index in [0.29, 0.717) is 24.0 Å². The first-order chi connectivity index (χ1) is 10.7. The maximum Gasteiger partial charge on any atom is 0.257 e. The maximum atomic E-state index is 11.5. The lowest BCUT2D eigenvalue weighted by Gasteiger charge is -2.07. The molecule has 0 fully saturated rings. The minimum absolute atomic E-state index is 0.0175. The number of hydrogen-bond acceptors (Lipinski definition) is 5. The number of ether oxygens (including phenoxy) is 1. The third-order valence-electron chi connectivity index (χ3n) is 3.11. The molecule has 1 aromatic heterocycles. The van der Waals surface area contributed by atoms with Gasteiger partial charge >= 0.3 is 0 Å². The Morgan fingerprint density at radius 1 is 1.27 bits per heavy atom. The van der Waals surface area contributed by atoms with Crippen molar-refractivity contribution < 1.29 is 14.1 Å². The highest BCUT2D eigenvalue weighted by atomic mass is 16.5. The highest BCUT2D eigenvalue weighted by Crippen LogP contribution is 2.20. The minimum atomic E-state index is -0.109. The lowest BCUT2D eigenvalue weighted by Crippen LogP contribution is -2.29. The van der Waals surface area contributed by atoms with Crippen molar-refractivity contribution in [3.8, 4) is 17.2 Å². The van der Waals surface area contributed by atoms with Crippen molar-refractivity contribution in [2.45, 2.75) is 33.1 Å². The van der Waals surface area contributed by atoms with Crippen molar-refractivity contribution >= 4 is 5.91 Å². The number of unbranched alkanes of at least 4 members (excludes halogenated alkanes) is 1. The van der Waals surface area contributed by atoms with Gasteiger partial charge in [-0.25, -0.2) is 0 Å². The third kappa shape index (κ3) is 4.58. The second-order valence-corrected chi connectivity index (χ2v) is 4.89. The SMILES string of the molecule is CCCCNC(=O)COc1ccc(-c2nc(CC)no2)cc1. The Kier molecular flexibility index (Phi) is 5.94. The molecule has 0 unspecified atom stereocenters. The van der Waals surface area contributed by atoms with Gasteiger partial charge in [-0.15, -0.1) is 0 Å². The fourth-order valence-corrected chi connectivity index (χ4v) is 1.81. The summed E-state index contributed by atoms with van der Waals surface area (Å²) in [6.45, 7) is 4.76. The van der Waals surface area contributed by atoms with Gasteiger partial charge in [0.05, 0.1) is 0 Å². The first-order valence-electron chi connectivity index (χ1n) is 7.55. The smallest absolute Gasteiger partial charge is 0.257 e. The maximum absolute atomic E-state index is 11.5. The Morgan fingerprint density at radius 2 is 2.05 bits per heavy atom. The highest BCUT2D eigenvalue weighted by Gasteiger charge is 2.08. The molecule has 0 radical (unpaired) electrons. The van der Waals surface area contributed by atoms with E-state index in [0.717, 1.165) is 24.8 Å². The predicted octanol–water partition coefficient (Wildman–Crippen LogP) is 2.59. The van der Waals surface area contributed by atoms with E-state index in [-0.39, 0.29) is 12.5 Å². The molecule has 22 heavy (non-hydrogen) atoms. The lowest BCUT2D eigenvalue weighted by atomic mass is 10.2. The number of rotatable bonds is 8. The molecule has 1 amide bonds. The van der Waals surface area contributed by atoms with Crippen molar-refractivity contribution in [2.75, 3.05) is 13.2 Å². The molecule has 1 heterocycles. The van der Waals surface area contributed by atoms with Crippen LogP contribution in [-0.4, -0.2) is 29.2 Å². The van der Waals surface area contributed by atoms with E-state index >= 15 is 0 Å². The van der Waals surface area contributed by atoms with E-state index in [2.05, 4.69) is 22.4 Å². The van der Waals surface area contributed by atoms with Crippen LogP contribution in [0.5, 0.6) is 5.75 Å². The Bertz CT molecular complexity index is 593. The second kappa shape index (κ2) is 8.17. The van der Waals surface area contributed by atoms with E-state index in [4.69, 9.17) is 9.26 Å². The van der Waals surface area contributed by atoms with Gasteiger partial charge in [0.2, 0.25) is 0 Å². The summed E-state index contributed by atoms with van der Waals surface area (Å²) in [5.74, 6) is 1.69. The number of benzene rings is 1. The van der Waals surface area contributed by atoms with Crippen LogP contribution in [0.15, 0.2) is 28.8 Å². The summed E-state index contributed by atoms with van der Waals surface area (Å²) >= 11 is 0. The Balaban J connectivity index is 1.85. The van der Waals surface area contributed by atoms with Gasteiger partial charge in [-0.2, -0.15) is 4.98 Å². The molecule has 0 aliphatic rings. The standard InChI is InChI=1S/C16H21N3O3/c1-3-5-10-17-15(20)11-21-13-8-6-12(7-9-13)16-18-14(4-2)19-22-16/h6-9H,3-5,10-11H2,1-2H3,(H,17,20). The largest absolute Gasteiger partial charge is 0.484 e. The summed E-state index contributed by atoms with van der Waals surface area (Å²) < 4.78 is 10.6. The van der Waals surface area contributed by atoms with Gasteiger partial charge in [0.15, 0.2) is 12.4 Å². The molecule has 2 rings (SSSR count). The van der Waals surface area contributed by atoms with Crippen LogP contribution in [0.1, 0.15) is 32.5 Å². The first kappa shape index (κ1) is 16.0. The summed E-state index contributed by atoms with van der Waals surface area (Å²) in [4.78, 5) is 15.8. The molecule has 6 nitrogen and oxygen atoms in total. The average molecular weight is 303 g/mol. The molecule has 0 saturated carbocycles. The molecule has 0 atom stereocenters. The number of nitrogens with zero attached hydrogens (tertiary/aromatic N) is 2. The van der Waals surface area contributed by atoms with Crippen molar-refractivity contribution in [1.29, 1.82) is 0 Å². The van der Waals surface area contributed by atoms with E-state index in [1.807, 2.05) is 19.1 Å². The fraction of sp³-hybridized carbons (Fsp3) is 0.438. The van der Waals surface area contributed by atoms with Gasteiger partial charge in [-0.1, -0.05) is 25.4 Å². The molecule has 0 aliphatic heterocycles. The zero-order chi connectivity index (χ0) is 15.8. The Hall–Kier alpha value is -2.37. The van der Waals surface area contributed by atoms with Gasteiger partial charge in [0.25, 0.3) is 11.8 Å². The molecule has 0 saturated heterocycles. The van der Waals surface area contributed by atoms with Gasteiger partial charge in [-0.05, 0) is 30.7 Å². The number of carbonyl (C=O) groups excluding carboxylic acids is 1. The van der Waals surface area contributed by atoms with Crippen LogP contribution in [-0.2, 0) is 11.2 Å². The minimum Gasteiger partial charge on any atom is -0.484 e. The Labute approximate surface area is 129 Å².